The van der Waals surface area contributed by atoms with Crippen molar-refractivity contribution in [3.05, 3.63) is 18.2 Å². The quantitative estimate of drug-likeness (QED) is 0.595. The maximum Gasteiger partial charge on any atom is 0.410 e. The highest BCUT2D eigenvalue weighted by molar-refractivity contribution is 6.09. The second-order valence-electron chi connectivity index (χ2n) is 11.9. The fourth-order valence-electron chi connectivity index (χ4n) is 5.67. The number of rotatable bonds is 4. The summed E-state index contributed by atoms with van der Waals surface area (Å²) in [5, 5.41) is 11.3. The van der Waals surface area contributed by atoms with Crippen molar-refractivity contribution in [1.29, 1.82) is 0 Å². The second-order valence-corrected chi connectivity index (χ2v) is 11.9. The minimum Gasteiger partial charge on any atom is -0.444 e. The summed E-state index contributed by atoms with van der Waals surface area (Å²) in [4.78, 5) is 54.6. The Hall–Kier alpha value is -3.83. The molecule has 2 N–H and O–H groups in total. The number of benzene rings is 1. The van der Waals surface area contributed by atoms with Gasteiger partial charge in [-0.1, -0.05) is 0 Å². The standard InChI is InChI=1S/C28H39N7O5/c1-28(2,3)40-27(39)34-12-7-18(8-13-34)25(37)33-14-9-19(10-15-33)29-20-5-6-21-22(17-20)32(4)31-24(21)35-16-11-23(36)30-26(35)38/h5-6,17-19,29H,7-16H2,1-4H3,(H,30,36,38). The van der Waals surface area contributed by atoms with Gasteiger partial charge in [0, 0.05) is 69.2 Å². The van der Waals surface area contributed by atoms with Gasteiger partial charge in [0.1, 0.15) is 5.60 Å². The number of nitrogens with one attached hydrogen (secondary N) is 2. The van der Waals surface area contributed by atoms with Crippen LogP contribution < -0.4 is 15.5 Å². The first-order chi connectivity index (χ1) is 19.0. The highest BCUT2D eigenvalue weighted by atomic mass is 16.6. The Morgan fingerprint density at radius 1 is 1.00 bits per heavy atom. The molecular formula is C28H39N7O5. The first-order valence-corrected chi connectivity index (χ1v) is 14.1. The van der Waals surface area contributed by atoms with Crippen LogP contribution in [0.3, 0.4) is 0 Å². The molecule has 40 heavy (non-hydrogen) atoms. The Morgan fingerprint density at radius 2 is 1.68 bits per heavy atom. The molecule has 2 aromatic rings. The smallest absolute Gasteiger partial charge is 0.410 e. The van der Waals surface area contributed by atoms with E-state index in [0.717, 1.165) is 29.4 Å². The summed E-state index contributed by atoms with van der Waals surface area (Å²) < 4.78 is 7.21. The van der Waals surface area contributed by atoms with Crippen LogP contribution in [0, 0.1) is 5.92 Å². The predicted molar refractivity (Wildman–Crippen MR) is 150 cm³/mol. The maximum absolute atomic E-state index is 13.2. The van der Waals surface area contributed by atoms with Gasteiger partial charge in [0.2, 0.25) is 11.8 Å². The van der Waals surface area contributed by atoms with Gasteiger partial charge in [0.05, 0.1) is 5.52 Å². The van der Waals surface area contributed by atoms with Gasteiger partial charge in [-0.15, -0.1) is 0 Å². The van der Waals surface area contributed by atoms with Crippen molar-refractivity contribution in [3.63, 3.8) is 0 Å². The highest BCUT2D eigenvalue weighted by Gasteiger charge is 2.34. The predicted octanol–water partition coefficient (Wildman–Crippen LogP) is 3.07. The van der Waals surface area contributed by atoms with Gasteiger partial charge in [0.15, 0.2) is 5.82 Å². The van der Waals surface area contributed by atoms with E-state index in [4.69, 9.17) is 4.74 Å². The molecule has 3 aliphatic rings. The largest absolute Gasteiger partial charge is 0.444 e. The number of amides is 5. The van der Waals surface area contributed by atoms with Gasteiger partial charge in [0.25, 0.3) is 0 Å². The molecule has 0 unspecified atom stereocenters. The number of urea groups is 1. The fourth-order valence-corrected chi connectivity index (χ4v) is 5.67. The third-order valence-corrected chi connectivity index (χ3v) is 7.81. The van der Waals surface area contributed by atoms with E-state index in [1.54, 1.807) is 9.58 Å². The average Bonchev–Trinajstić information content (AvgIpc) is 3.23. The van der Waals surface area contributed by atoms with Crippen LogP contribution in [-0.2, 0) is 21.4 Å². The van der Waals surface area contributed by atoms with E-state index in [1.807, 2.05) is 50.9 Å². The lowest BCUT2D eigenvalue weighted by Gasteiger charge is -2.38. The maximum atomic E-state index is 13.2. The lowest BCUT2D eigenvalue weighted by atomic mass is 9.94. The van der Waals surface area contributed by atoms with E-state index in [-0.39, 0.29) is 36.3 Å². The normalized spacial score (nSPS) is 19.6. The summed E-state index contributed by atoms with van der Waals surface area (Å²) in [6.07, 6.45) is 2.96. The van der Waals surface area contributed by atoms with Crippen LogP contribution in [0.5, 0.6) is 0 Å². The van der Waals surface area contributed by atoms with Crippen LogP contribution in [-0.4, -0.2) is 87.9 Å². The number of hydrogen-bond donors (Lipinski definition) is 2. The number of nitrogens with zero attached hydrogens (tertiary/aromatic N) is 5. The zero-order valence-electron chi connectivity index (χ0n) is 23.7. The molecule has 0 bridgehead atoms. The SMILES string of the molecule is Cn1nc(N2CCC(=O)NC2=O)c2ccc(NC3CCN(C(=O)C4CCN(C(=O)OC(C)(C)C)CC4)CC3)cc21. The summed E-state index contributed by atoms with van der Waals surface area (Å²) in [6.45, 7) is 8.36. The molecule has 1 aromatic heterocycles. The third-order valence-electron chi connectivity index (χ3n) is 7.81. The number of carbonyl (C=O) groups is 4. The van der Waals surface area contributed by atoms with Crippen LogP contribution in [0.1, 0.15) is 52.9 Å². The molecule has 1 aromatic carbocycles. The van der Waals surface area contributed by atoms with E-state index in [2.05, 4.69) is 15.7 Å². The zero-order chi connectivity index (χ0) is 28.6. The van der Waals surface area contributed by atoms with Crippen LogP contribution in [0.4, 0.5) is 21.1 Å². The summed E-state index contributed by atoms with van der Waals surface area (Å²) in [7, 11) is 1.84. The van der Waals surface area contributed by atoms with Crippen molar-refractivity contribution in [2.24, 2.45) is 13.0 Å². The molecule has 12 nitrogen and oxygen atoms in total. The molecule has 4 heterocycles. The summed E-state index contributed by atoms with van der Waals surface area (Å²) >= 11 is 0. The van der Waals surface area contributed by atoms with Gasteiger partial charge in [-0.05, 0) is 64.7 Å². The number of likely N-dealkylation sites (tertiary alicyclic amines) is 2. The molecule has 3 aliphatic heterocycles. The number of fused-ring (bicyclic) bond motifs is 1. The third kappa shape index (κ3) is 6.00. The first kappa shape index (κ1) is 27.7. The number of anilines is 2. The van der Waals surface area contributed by atoms with Crippen LogP contribution in [0.15, 0.2) is 18.2 Å². The molecule has 0 aliphatic carbocycles. The molecule has 5 amide bonds. The van der Waals surface area contributed by atoms with Crippen LogP contribution in [0.25, 0.3) is 10.9 Å². The number of ether oxygens (including phenoxy) is 1. The van der Waals surface area contributed by atoms with Crippen LogP contribution in [0.2, 0.25) is 0 Å². The van der Waals surface area contributed by atoms with Gasteiger partial charge in [-0.2, -0.15) is 5.10 Å². The van der Waals surface area contributed by atoms with Crippen molar-refractivity contribution < 1.29 is 23.9 Å². The lowest BCUT2D eigenvalue weighted by molar-refractivity contribution is -0.138. The minimum atomic E-state index is -0.525. The lowest BCUT2D eigenvalue weighted by Crippen LogP contribution is -2.49. The Kier molecular flexibility index (Phi) is 7.61. The Balaban J connectivity index is 1.13. The molecule has 12 heteroatoms. The molecule has 3 fully saturated rings. The van der Waals surface area contributed by atoms with Crippen molar-refractivity contribution in [2.75, 3.05) is 42.9 Å². The van der Waals surface area contributed by atoms with Crippen LogP contribution >= 0.6 is 0 Å². The van der Waals surface area contributed by atoms with Gasteiger partial charge in [-0.3, -0.25) is 24.5 Å². The number of carbonyl (C=O) groups excluding carboxylic acids is 4. The summed E-state index contributed by atoms with van der Waals surface area (Å²) in [5.41, 5.74) is 1.32. The van der Waals surface area contributed by atoms with Gasteiger partial charge < -0.3 is 19.9 Å². The van der Waals surface area contributed by atoms with Crippen molar-refractivity contribution in [3.8, 4) is 0 Å². The molecule has 0 saturated carbocycles. The molecule has 3 saturated heterocycles. The number of piperidine rings is 2. The van der Waals surface area contributed by atoms with Gasteiger partial charge in [-0.25, -0.2) is 9.59 Å². The fraction of sp³-hybridized carbons (Fsp3) is 0.607. The number of imide groups is 1. The monoisotopic (exact) mass is 553 g/mol. The number of aryl methyl sites for hydroxylation is 1. The van der Waals surface area contributed by atoms with Crippen molar-refractivity contribution >= 4 is 46.3 Å². The Labute approximate surface area is 234 Å². The number of hydrogen-bond acceptors (Lipinski definition) is 7. The minimum absolute atomic E-state index is 0.0512. The average molecular weight is 554 g/mol. The number of aromatic nitrogens is 2. The molecule has 0 spiro atoms. The second kappa shape index (κ2) is 11.0. The molecular weight excluding hydrogens is 514 g/mol. The Bertz CT molecular complexity index is 1300. The Morgan fingerprint density at radius 3 is 2.33 bits per heavy atom. The summed E-state index contributed by atoms with van der Waals surface area (Å²) in [5.74, 6) is 0.404. The van der Waals surface area contributed by atoms with E-state index >= 15 is 0 Å². The molecule has 0 radical (unpaired) electrons. The topological polar surface area (TPSA) is 129 Å². The highest BCUT2D eigenvalue weighted by Crippen LogP contribution is 2.30. The first-order valence-electron chi connectivity index (χ1n) is 14.1. The molecule has 0 atom stereocenters. The summed E-state index contributed by atoms with van der Waals surface area (Å²) in [6, 6.07) is 5.74. The van der Waals surface area contributed by atoms with E-state index < -0.39 is 11.6 Å². The molecule has 5 rings (SSSR count). The van der Waals surface area contributed by atoms with E-state index in [9.17, 15) is 19.2 Å². The van der Waals surface area contributed by atoms with Gasteiger partial charge >= 0.3 is 12.1 Å². The molecule has 216 valence electrons. The zero-order valence-corrected chi connectivity index (χ0v) is 23.7. The van der Waals surface area contributed by atoms with E-state index in [0.29, 0.717) is 51.4 Å². The van der Waals surface area contributed by atoms with E-state index in [1.165, 1.54) is 4.90 Å². The van der Waals surface area contributed by atoms with Crippen molar-refractivity contribution in [2.45, 2.75) is 64.5 Å². The van der Waals surface area contributed by atoms with Crippen molar-refractivity contribution in [1.82, 2.24) is 24.9 Å².